The zero-order chi connectivity index (χ0) is 58.0. The van der Waals surface area contributed by atoms with Crippen molar-refractivity contribution in [3.63, 3.8) is 0 Å². The van der Waals surface area contributed by atoms with E-state index in [0.29, 0.717) is 57.0 Å². The number of carbonyl (C=O) groups is 9. The first-order chi connectivity index (χ1) is 37.3. The van der Waals surface area contributed by atoms with Crippen molar-refractivity contribution in [2.24, 2.45) is 11.7 Å². The molecule has 11 N–H and O–H groups in total. The van der Waals surface area contributed by atoms with Crippen LogP contribution in [0, 0.1) is 5.92 Å². The Morgan fingerprint density at radius 2 is 1.40 bits per heavy atom. The maximum Gasteiger partial charge on any atom is 0.326 e. The lowest BCUT2D eigenvalue weighted by molar-refractivity contribution is -0.145. The van der Waals surface area contributed by atoms with Crippen LogP contribution in [0.5, 0.6) is 0 Å². The van der Waals surface area contributed by atoms with E-state index >= 15 is 0 Å². The Bertz CT molecular complexity index is 2210. The summed E-state index contributed by atoms with van der Waals surface area (Å²) in [7, 11) is -3.90. The number of primary amides is 1. The Kier molecular flexibility index (Phi) is 37.8. The number of aromatic nitrogens is 4. The van der Waals surface area contributed by atoms with Crippen molar-refractivity contribution in [3.8, 4) is 0 Å². The fourth-order valence-corrected chi connectivity index (χ4v) is 7.70. The monoisotopic (exact) mass is 1130 g/mol. The van der Waals surface area contributed by atoms with Crippen LogP contribution in [-0.4, -0.2) is 176 Å². The molecule has 0 saturated heterocycles. The van der Waals surface area contributed by atoms with Crippen LogP contribution in [0.25, 0.3) is 0 Å². The van der Waals surface area contributed by atoms with Crippen LogP contribution in [0.15, 0.2) is 24.3 Å². The summed E-state index contributed by atoms with van der Waals surface area (Å²) >= 11 is 0. The molecule has 1 heterocycles. The number of anilines is 1. The fourth-order valence-electron chi connectivity index (χ4n) is 6.63. The molecular weight excluding hydrogens is 1050 g/mol. The molecule has 0 aliphatic rings. The molecule has 1 aromatic heterocycles. The van der Waals surface area contributed by atoms with Gasteiger partial charge in [0.2, 0.25) is 33.7 Å². The quantitative estimate of drug-likeness (QED) is 0.0325. The van der Waals surface area contributed by atoms with Crippen LogP contribution in [0.3, 0.4) is 0 Å². The lowest BCUT2D eigenvalue weighted by atomic mass is 9.97. The number of aryl methyl sites for hydroxylation is 1. The predicted octanol–water partition coefficient (Wildman–Crippen LogP) is 0.877. The Labute approximate surface area is 454 Å². The number of H-pyrrole nitrogens is 1. The van der Waals surface area contributed by atoms with Crippen LogP contribution in [0.2, 0.25) is 0 Å². The van der Waals surface area contributed by atoms with E-state index in [9.17, 15) is 61.8 Å². The summed E-state index contributed by atoms with van der Waals surface area (Å²) < 4.78 is 41.9. The molecule has 3 atom stereocenters. The maximum atomic E-state index is 12.2. The first kappa shape index (κ1) is 69.5. The van der Waals surface area contributed by atoms with Gasteiger partial charge in [-0.05, 0) is 89.0 Å². The van der Waals surface area contributed by atoms with Gasteiger partial charge in [0.05, 0.1) is 44.7 Å². The molecule has 2 aromatic rings. The third-order valence-electron chi connectivity index (χ3n) is 10.9. The number of nitrogens with two attached hydrogens (primary N) is 1. The van der Waals surface area contributed by atoms with E-state index in [1.807, 2.05) is 29.0 Å². The number of sulfonamides is 1. The molecule has 28 nitrogen and oxygen atoms in total. The number of carbonyl (C=O) groups excluding carboxylic acids is 7. The standard InChI is InChI=1S/C27H43N7O13S.C22H38N4O4/c1-18(35)7-9-21(27(42)43)29-24(38)10-8-19(26(40)41)16-20(36)17-47-14-13-46-12-11-28-23(37)6-3-15-48(44,45)32-25(39)5-2-4-22-30-33-34-31-22;1-3-5-15-29-16-17-30-26-20(21(23)27)8-6-7-14-25-22(28)18-9-11-19(12-10-18)24-13-4-2/h19,21H,2-17H2,1H3,(H,28,37)(H,29,38)(H,32,39)(H,40,41)(H,42,43)(H,30,31,33,34);9-12,20,24,26H,3-8,13-17H2,1-2H3,(H2,23,27)(H,25,28)/t19-,21?;20-/m10/s1. The highest BCUT2D eigenvalue weighted by Crippen LogP contribution is 2.14. The molecule has 0 bridgehead atoms. The minimum atomic E-state index is -3.90. The SMILES string of the molecule is CC(=O)CCC(NC(=O)CC[C@H](CC(=O)COCCOCCNC(=O)CCCS(=O)(=O)NC(=O)CCCc1nn[nH]n1)C(=O)O)C(=O)O.CCCCOCCON[C@@H](CCCCNC(=O)c1ccc(NCCC)cc1)C(N)=O. The smallest absolute Gasteiger partial charge is 0.326 e. The van der Waals surface area contributed by atoms with E-state index in [-0.39, 0.29) is 83.0 Å². The number of hydroxylamine groups is 1. The van der Waals surface area contributed by atoms with Gasteiger partial charge in [0.25, 0.3) is 5.91 Å². The predicted molar refractivity (Wildman–Crippen MR) is 282 cm³/mol. The molecule has 0 fully saturated rings. The summed E-state index contributed by atoms with van der Waals surface area (Å²) in [5, 5.41) is 42.7. The van der Waals surface area contributed by atoms with Crippen LogP contribution >= 0.6 is 0 Å². The van der Waals surface area contributed by atoms with Gasteiger partial charge >= 0.3 is 11.9 Å². The number of ether oxygens (including phenoxy) is 3. The van der Waals surface area contributed by atoms with Gasteiger partial charge in [-0.2, -0.15) is 10.7 Å². The summed E-state index contributed by atoms with van der Waals surface area (Å²) in [5.74, 6) is -6.95. The number of ketones is 2. The average molecular weight is 1130 g/mol. The molecule has 0 aliphatic carbocycles. The van der Waals surface area contributed by atoms with E-state index in [4.69, 9.17) is 24.8 Å². The van der Waals surface area contributed by atoms with Crippen LogP contribution in [0.1, 0.15) is 133 Å². The summed E-state index contributed by atoms with van der Waals surface area (Å²) in [5.41, 5.74) is 9.75. The van der Waals surface area contributed by atoms with Crippen molar-refractivity contribution in [1.29, 1.82) is 0 Å². The number of benzene rings is 1. The molecule has 2 rings (SSSR count). The van der Waals surface area contributed by atoms with Gasteiger partial charge in [0, 0.05) is 76.0 Å². The molecule has 1 aromatic carbocycles. The molecule has 440 valence electrons. The molecule has 5 amide bonds. The van der Waals surface area contributed by atoms with Gasteiger partial charge in [-0.3, -0.25) is 43.1 Å². The molecular formula is C49H81N11O17S. The largest absolute Gasteiger partial charge is 0.481 e. The van der Waals surface area contributed by atoms with Crippen molar-refractivity contribution in [1.82, 2.24) is 46.8 Å². The molecule has 0 saturated carbocycles. The Morgan fingerprint density at radius 1 is 0.692 bits per heavy atom. The van der Waals surface area contributed by atoms with Gasteiger partial charge in [0.1, 0.15) is 24.5 Å². The number of Topliss-reactive ketones (excluding diaryl/α,β-unsaturated/α-hetero) is 2. The van der Waals surface area contributed by atoms with Gasteiger partial charge in [-0.15, -0.1) is 10.2 Å². The number of tetrazole rings is 1. The van der Waals surface area contributed by atoms with Gasteiger partial charge in [-0.1, -0.05) is 25.5 Å². The first-order valence-corrected chi connectivity index (χ1v) is 27.7. The topological polar surface area (TPSA) is 418 Å². The van der Waals surface area contributed by atoms with E-state index < -0.39 is 88.2 Å². The maximum absolute atomic E-state index is 12.2. The molecule has 1 unspecified atom stereocenters. The van der Waals surface area contributed by atoms with Gasteiger partial charge in [-0.25, -0.2) is 13.2 Å². The van der Waals surface area contributed by atoms with E-state index in [2.05, 4.69) is 61.2 Å². The molecule has 0 radical (unpaired) electrons. The number of carboxylic acid groups (broad SMARTS) is 2. The van der Waals surface area contributed by atoms with Crippen molar-refractivity contribution in [2.45, 2.75) is 136 Å². The zero-order valence-corrected chi connectivity index (χ0v) is 45.8. The highest BCUT2D eigenvalue weighted by molar-refractivity contribution is 7.90. The highest BCUT2D eigenvalue weighted by atomic mass is 32.2. The number of amides is 5. The Morgan fingerprint density at radius 3 is 2.05 bits per heavy atom. The summed E-state index contributed by atoms with van der Waals surface area (Å²) in [6.07, 6.45) is 4.62. The minimum absolute atomic E-state index is 0.00262. The number of hydrogen-bond acceptors (Lipinski definition) is 20. The second-order valence-corrected chi connectivity index (χ2v) is 19.6. The van der Waals surface area contributed by atoms with Crippen LogP contribution in [0.4, 0.5) is 5.69 Å². The second-order valence-electron chi connectivity index (χ2n) is 17.8. The van der Waals surface area contributed by atoms with Gasteiger partial charge < -0.3 is 56.2 Å². The molecule has 0 spiro atoms. The number of aliphatic carboxylic acids is 2. The molecule has 78 heavy (non-hydrogen) atoms. The Balaban J connectivity index is 0.000000868. The number of hydrogen-bond donors (Lipinski definition) is 10. The third kappa shape index (κ3) is 36.5. The fraction of sp³-hybridized carbons (Fsp3) is 0.673. The summed E-state index contributed by atoms with van der Waals surface area (Å²) in [4.78, 5) is 111. The second kappa shape index (κ2) is 42.5. The third-order valence-corrected chi connectivity index (χ3v) is 12.3. The van der Waals surface area contributed by atoms with E-state index in [1.165, 1.54) is 6.92 Å². The van der Waals surface area contributed by atoms with Crippen LogP contribution in [-0.2, 0) is 73.8 Å². The summed E-state index contributed by atoms with van der Waals surface area (Å²) in [6, 6.07) is 5.58. The lowest BCUT2D eigenvalue weighted by Gasteiger charge is -2.15. The Hall–Kier alpha value is -6.53. The van der Waals surface area contributed by atoms with E-state index in [1.54, 1.807) is 0 Å². The average Bonchev–Trinajstić information content (AvgIpc) is 3.91. The van der Waals surface area contributed by atoms with Crippen molar-refractivity contribution >= 4 is 68.8 Å². The normalized spacial score (nSPS) is 12.2. The lowest BCUT2D eigenvalue weighted by Crippen LogP contribution is -2.41. The number of nitrogens with one attached hydrogen (secondary N) is 7. The molecule has 0 aliphatic heterocycles. The number of aromatic amines is 1. The number of carboxylic acids is 2. The number of nitrogens with zero attached hydrogens (tertiary/aromatic N) is 3. The van der Waals surface area contributed by atoms with Crippen molar-refractivity contribution in [3.05, 3.63) is 35.7 Å². The summed E-state index contributed by atoms with van der Waals surface area (Å²) in [6.45, 7) is 8.37. The highest BCUT2D eigenvalue weighted by Gasteiger charge is 2.25. The number of rotatable bonds is 46. The minimum Gasteiger partial charge on any atom is -0.481 e. The zero-order valence-electron chi connectivity index (χ0n) is 45.0. The van der Waals surface area contributed by atoms with Gasteiger partial charge in [0.15, 0.2) is 11.6 Å². The number of unbranched alkanes of at least 4 members (excludes halogenated alkanes) is 2. The van der Waals surface area contributed by atoms with Crippen molar-refractivity contribution in [2.75, 3.05) is 77.0 Å². The first-order valence-electron chi connectivity index (χ1n) is 26.1. The van der Waals surface area contributed by atoms with Crippen molar-refractivity contribution < 1.29 is 80.8 Å². The van der Waals surface area contributed by atoms with Crippen LogP contribution < -0.4 is 37.2 Å². The molecule has 29 heteroatoms. The van der Waals surface area contributed by atoms with E-state index in [0.717, 1.165) is 44.3 Å².